The van der Waals surface area contributed by atoms with E-state index in [0.29, 0.717) is 5.56 Å². The number of benzene rings is 1. The number of nitrogens with zero attached hydrogens (tertiary/aromatic N) is 2. The second-order valence-corrected chi connectivity index (χ2v) is 6.13. The summed E-state index contributed by atoms with van der Waals surface area (Å²) >= 11 is 0. The van der Waals surface area contributed by atoms with Gasteiger partial charge >= 0.3 is 0 Å². The van der Waals surface area contributed by atoms with Crippen molar-refractivity contribution in [1.82, 2.24) is 4.98 Å². The van der Waals surface area contributed by atoms with Crippen LogP contribution in [-0.2, 0) is 0 Å². The van der Waals surface area contributed by atoms with E-state index >= 15 is 0 Å². The fraction of sp³-hybridized carbons (Fsp3) is 0.368. The number of aromatic nitrogens is 1. The molecule has 0 bridgehead atoms. The summed E-state index contributed by atoms with van der Waals surface area (Å²) < 4.78 is 0. The van der Waals surface area contributed by atoms with Crippen molar-refractivity contribution in [3.8, 4) is 0 Å². The van der Waals surface area contributed by atoms with E-state index in [0.717, 1.165) is 30.2 Å². The van der Waals surface area contributed by atoms with Crippen molar-refractivity contribution in [1.29, 1.82) is 0 Å². The van der Waals surface area contributed by atoms with E-state index in [-0.39, 0.29) is 5.91 Å². The van der Waals surface area contributed by atoms with E-state index in [1.165, 1.54) is 25.7 Å². The first-order valence-corrected chi connectivity index (χ1v) is 8.31. The Morgan fingerprint density at radius 3 is 2.52 bits per heavy atom. The first kappa shape index (κ1) is 15.5. The molecule has 0 radical (unpaired) electrons. The number of nitrogens with one attached hydrogen (secondary N) is 1. The zero-order valence-electron chi connectivity index (χ0n) is 13.6. The molecule has 1 fully saturated rings. The van der Waals surface area contributed by atoms with Crippen LogP contribution in [0.2, 0.25) is 0 Å². The molecular formula is C19H23N3O. The third-order valence-corrected chi connectivity index (χ3v) is 4.22. The SMILES string of the molecule is Cc1cccc(C(=O)Nc2ccc(N3CCCCCC3)nc2)c1. The summed E-state index contributed by atoms with van der Waals surface area (Å²) in [6, 6.07) is 11.5. The monoisotopic (exact) mass is 309 g/mol. The van der Waals surface area contributed by atoms with Crippen molar-refractivity contribution in [2.24, 2.45) is 0 Å². The number of carbonyl (C=O) groups excluding carboxylic acids is 1. The van der Waals surface area contributed by atoms with Gasteiger partial charge in [-0.15, -0.1) is 0 Å². The zero-order chi connectivity index (χ0) is 16.1. The Morgan fingerprint density at radius 2 is 1.87 bits per heavy atom. The van der Waals surface area contributed by atoms with E-state index in [9.17, 15) is 4.79 Å². The highest BCUT2D eigenvalue weighted by molar-refractivity contribution is 6.04. The van der Waals surface area contributed by atoms with Crippen LogP contribution in [0.4, 0.5) is 11.5 Å². The molecule has 4 heteroatoms. The largest absolute Gasteiger partial charge is 0.357 e. The third-order valence-electron chi connectivity index (χ3n) is 4.22. The van der Waals surface area contributed by atoms with Crippen LogP contribution in [0, 0.1) is 6.92 Å². The molecule has 1 amide bonds. The van der Waals surface area contributed by atoms with Crippen LogP contribution >= 0.6 is 0 Å². The number of carbonyl (C=O) groups is 1. The third kappa shape index (κ3) is 4.09. The molecule has 120 valence electrons. The Hall–Kier alpha value is -2.36. The van der Waals surface area contributed by atoms with Gasteiger partial charge < -0.3 is 10.2 Å². The highest BCUT2D eigenvalue weighted by Gasteiger charge is 2.11. The van der Waals surface area contributed by atoms with Crippen molar-refractivity contribution in [2.75, 3.05) is 23.3 Å². The highest BCUT2D eigenvalue weighted by atomic mass is 16.1. The molecule has 1 saturated heterocycles. The number of pyridine rings is 1. The summed E-state index contributed by atoms with van der Waals surface area (Å²) in [7, 11) is 0. The van der Waals surface area contributed by atoms with Gasteiger partial charge in [0, 0.05) is 18.7 Å². The summed E-state index contributed by atoms with van der Waals surface area (Å²) in [5, 5.41) is 2.91. The minimum Gasteiger partial charge on any atom is -0.357 e. The standard InChI is InChI=1S/C19H23N3O/c1-15-7-6-8-16(13-15)19(23)21-17-9-10-18(20-14-17)22-11-4-2-3-5-12-22/h6-10,13-14H,2-5,11-12H2,1H3,(H,21,23). The van der Waals surface area contributed by atoms with Crippen molar-refractivity contribution in [3.05, 3.63) is 53.7 Å². The van der Waals surface area contributed by atoms with Gasteiger partial charge in [0.2, 0.25) is 0 Å². The molecule has 23 heavy (non-hydrogen) atoms. The number of anilines is 2. The van der Waals surface area contributed by atoms with E-state index in [2.05, 4.69) is 15.2 Å². The smallest absolute Gasteiger partial charge is 0.255 e. The van der Waals surface area contributed by atoms with Gasteiger partial charge in [-0.25, -0.2) is 4.98 Å². The van der Waals surface area contributed by atoms with Crippen molar-refractivity contribution < 1.29 is 4.79 Å². The Bertz CT molecular complexity index is 659. The highest BCUT2D eigenvalue weighted by Crippen LogP contribution is 2.19. The average molecular weight is 309 g/mol. The molecule has 3 rings (SSSR count). The fourth-order valence-corrected chi connectivity index (χ4v) is 2.94. The Morgan fingerprint density at radius 1 is 1.09 bits per heavy atom. The van der Waals surface area contributed by atoms with Gasteiger partial charge in [-0.2, -0.15) is 0 Å². The van der Waals surface area contributed by atoms with E-state index in [1.807, 2.05) is 43.3 Å². The van der Waals surface area contributed by atoms with Crippen LogP contribution in [-0.4, -0.2) is 24.0 Å². The topological polar surface area (TPSA) is 45.2 Å². The average Bonchev–Trinajstić information content (AvgIpc) is 2.85. The zero-order valence-corrected chi connectivity index (χ0v) is 13.6. The number of hydrogen-bond donors (Lipinski definition) is 1. The first-order chi connectivity index (χ1) is 11.2. The van der Waals surface area contributed by atoms with Gasteiger partial charge in [0.05, 0.1) is 11.9 Å². The minimum atomic E-state index is -0.0991. The molecule has 0 unspecified atom stereocenters. The number of aryl methyl sites for hydroxylation is 1. The van der Waals surface area contributed by atoms with Crippen LogP contribution in [0.3, 0.4) is 0 Å². The molecule has 2 aromatic rings. The first-order valence-electron chi connectivity index (χ1n) is 8.31. The lowest BCUT2D eigenvalue weighted by Gasteiger charge is -2.21. The van der Waals surface area contributed by atoms with Gasteiger partial charge in [-0.05, 0) is 44.0 Å². The molecule has 1 aliphatic heterocycles. The van der Waals surface area contributed by atoms with Crippen LogP contribution in [0.1, 0.15) is 41.6 Å². The summed E-state index contributed by atoms with van der Waals surface area (Å²) in [5.41, 5.74) is 2.48. The van der Waals surface area contributed by atoms with Gasteiger partial charge in [0.25, 0.3) is 5.91 Å². The van der Waals surface area contributed by atoms with Crippen molar-refractivity contribution in [3.63, 3.8) is 0 Å². The lowest BCUT2D eigenvalue weighted by atomic mass is 10.1. The van der Waals surface area contributed by atoms with Crippen molar-refractivity contribution >= 4 is 17.4 Å². The molecule has 1 aromatic heterocycles. The molecule has 2 heterocycles. The Balaban J connectivity index is 1.66. The molecular weight excluding hydrogens is 286 g/mol. The van der Waals surface area contributed by atoms with Crippen LogP contribution in [0.15, 0.2) is 42.6 Å². The Labute approximate surface area is 137 Å². The minimum absolute atomic E-state index is 0.0991. The quantitative estimate of drug-likeness (QED) is 0.931. The molecule has 4 nitrogen and oxygen atoms in total. The summed E-state index contributed by atoms with van der Waals surface area (Å²) in [5.74, 6) is 0.901. The van der Waals surface area contributed by atoms with Gasteiger partial charge in [-0.3, -0.25) is 4.79 Å². The maximum Gasteiger partial charge on any atom is 0.255 e. The number of amides is 1. The Kier molecular flexibility index (Phi) is 4.91. The second kappa shape index (κ2) is 7.27. The lowest BCUT2D eigenvalue weighted by molar-refractivity contribution is 0.102. The van der Waals surface area contributed by atoms with E-state index in [4.69, 9.17) is 0 Å². The van der Waals surface area contributed by atoms with Crippen LogP contribution in [0.25, 0.3) is 0 Å². The molecule has 1 N–H and O–H groups in total. The number of hydrogen-bond acceptors (Lipinski definition) is 3. The van der Waals surface area contributed by atoms with Gasteiger partial charge in [0.1, 0.15) is 5.82 Å². The van der Waals surface area contributed by atoms with Crippen LogP contribution in [0.5, 0.6) is 0 Å². The fourth-order valence-electron chi connectivity index (χ4n) is 2.94. The predicted octanol–water partition coefficient (Wildman–Crippen LogP) is 4.02. The summed E-state index contributed by atoms with van der Waals surface area (Å²) in [6.45, 7) is 4.12. The predicted molar refractivity (Wildman–Crippen MR) is 94.1 cm³/mol. The molecule has 0 atom stereocenters. The van der Waals surface area contributed by atoms with Gasteiger partial charge in [-0.1, -0.05) is 30.5 Å². The van der Waals surface area contributed by atoms with E-state index < -0.39 is 0 Å². The van der Waals surface area contributed by atoms with Crippen molar-refractivity contribution in [2.45, 2.75) is 32.6 Å². The summed E-state index contributed by atoms with van der Waals surface area (Å²) in [4.78, 5) is 19.1. The molecule has 0 saturated carbocycles. The van der Waals surface area contributed by atoms with Crippen LogP contribution < -0.4 is 10.2 Å². The maximum atomic E-state index is 12.2. The molecule has 0 aliphatic carbocycles. The molecule has 1 aromatic carbocycles. The second-order valence-electron chi connectivity index (χ2n) is 6.13. The van der Waals surface area contributed by atoms with E-state index in [1.54, 1.807) is 6.20 Å². The molecule has 0 spiro atoms. The lowest BCUT2D eigenvalue weighted by Crippen LogP contribution is -2.24. The summed E-state index contributed by atoms with van der Waals surface area (Å²) in [6.07, 6.45) is 6.82. The maximum absolute atomic E-state index is 12.2. The normalized spacial score (nSPS) is 15.1. The molecule has 1 aliphatic rings. The number of rotatable bonds is 3. The van der Waals surface area contributed by atoms with Gasteiger partial charge in [0.15, 0.2) is 0 Å².